The fourth-order valence-electron chi connectivity index (χ4n) is 3.95. The van der Waals surface area contributed by atoms with E-state index in [0.29, 0.717) is 6.10 Å². The maximum absolute atomic E-state index is 10.7. The van der Waals surface area contributed by atoms with Crippen molar-refractivity contribution in [3.05, 3.63) is 37.0 Å². The van der Waals surface area contributed by atoms with E-state index in [0.717, 1.165) is 51.4 Å². The van der Waals surface area contributed by atoms with Gasteiger partial charge in [0, 0.05) is 29.6 Å². The van der Waals surface area contributed by atoms with Crippen LogP contribution in [0.15, 0.2) is 37.0 Å². The summed E-state index contributed by atoms with van der Waals surface area (Å²) >= 11 is 0. The van der Waals surface area contributed by atoms with Crippen molar-refractivity contribution in [3.63, 3.8) is 0 Å². The third kappa shape index (κ3) is 11.8. The number of unbranched alkanes of at least 4 members (excludes halogenated alkanes) is 5. The molecule has 0 aromatic rings. The number of carbonyl (C=O) groups is 1. The van der Waals surface area contributed by atoms with Gasteiger partial charge in [0.1, 0.15) is 12.2 Å². The zero-order valence-corrected chi connectivity index (χ0v) is 20.7. The Bertz CT molecular complexity index is 526. The second-order valence-electron chi connectivity index (χ2n) is 8.12. The molecule has 0 spiro atoms. The molecule has 0 aromatic heterocycles. The van der Waals surface area contributed by atoms with Gasteiger partial charge in [0.25, 0.3) is 0 Å². The van der Waals surface area contributed by atoms with E-state index >= 15 is 0 Å². The smallest absolute Gasteiger partial charge is 0.306 e. The summed E-state index contributed by atoms with van der Waals surface area (Å²) in [5.74, 6) is -0.846. The van der Waals surface area contributed by atoms with Crippen LogP contribution < -0.4 is 0 Å². The fraction of sp³-hybridized carbons (Fsp3) is 0.708. The Labute approximate surface area is 204 Å². The second-order valence-corrected chi connectivity index (χ2v) is 8.12. The van der Waals surface area contributed by atoms with Gasteiger partial charge in [0.2, 0.25) is 0 Å². The quantitative estimate of drug-likeness (QED) is 0.129. The minimum absolute atomic E-state index is 0. The van der Waals surface area contributed by atoms with E-state index in [9.17, 15) is 4.79 Å². The van der Waals surface area contributed by atoms with E-state index in [1.165, 1.54) is 25.7 Å². The summed E-state index contributed by atoms with van der Waals surface area (Å²) in [6.07, 6.45) is 23.7. The second kappa shape index (κ2) is 17.2. The molecule has 2 saturated heterocycles. The molecule has 2 heterocycles. The van der Waals surface area contributed by atoms with Gasteiger partial charge in [0.15, 0.2) is 0 Å². The van der Waals surface area contributed by atoms with E-state index in [4.69, 9.17) is 19.6 Å². The van der Waals surface area contributed by atoms with E-state index < -0.39 is 5.97 Å². The zero-order valence-electron chi connectivity index (χ0n) is 18.7. The Kier molecular flexibility index (Phi) is 15.8. The van der Waals surface area contributed by atoms with Crippen LogP contribution in [-0.2, 0) is 19.3 Å². The molecule has 0 amide bonds. The zero-order chi connectivity index (χ0) is 20.7. The Balaban J connectivity index is 0.00000450. The van der Waals surface area contributed by atoms with Crippen LogP contribution in [0.25, 0.3) is 0 Å². The molecule has 2 aliphatic heterocycles. The maximum Gasteiger partial charge on any atom is 0.306 e. The van der Waals surface area contributed by atoms with Crippen molar-refractivity contribution in [1.82, 2.24) is 0 Å². The number of ether oxygens (including phenoxy) is 1. The van der Waals surface area contributed by atoms with Gasteiger partial charge in [-0.05, 0) is 57.8 Å². The van der Waals surface area contributed by atoms with Gasteiger partial charge < -0.3 is 9.84 Å². The Morgan fingerprint density at radius 2 is 1.57 bits per heavy atom. The molecule has 6 heteroatoms. The Hall–Kier alpha value is -0.430. The summed E-state index contributed by atoms with van der Waals surface area (Å²) in [6.45, 7) is 3.72. The van der Waals surface area contributed by atoms with Crippen molar-refractivity contribution in [2.24, 2.45) is 0 Å². The molecule has 0 bridgehead atoms. The molecule has 0 unspecified atom stereocenters. The summed E-state index contributed by atoms with van der Waals surface area (Å²) in [4.78, 5) is 21.4. The maximum atomic E-state index is 10.7. The van der Waals surface area contributed by atoms with Gasteiger partial charge in [-0.1, -0.05) is 49.6 Å². The van der Waals surface area contributed by atoms with Gasteiger partial charge in [0.05, 0.1) is 18.6 Å². The van der Waals surface area contributed by atoms with Gasteiger partial charge in [-0.3, -0.25) is 4.79 Å². The topological polar surface area (TPSA) is 65.0 Å². The Morgan fingerprint density at radius 1 is 0.867 bits per heavy atom. The fourth-order valence-corrected chi connectivity index (χ4v) is 3.95. The van der Waals surface area contributed by atoms with E-state index in [1.807, 2.05) is 6.08 Å². The third-order valence-electron chi connectivity index (χ3n) is 5.61. The van der Waals surface area contributed by atoms with Gasteiger partial charge in [-0.25, -0.2) is 9.78 Å². The molecule has 1 N–H and O–H groups in total. The van der Waals surface area contributed by atoms with Crippen LogP contribution in [0, 0.1) is 0 Å². The number of carboxylic acids is 1. The van der Waals surface area contributed by atoms with Crippen LogP contribution in [0.4, 0.5) is 0 Å². The first-order valence-corrected chi connectivity index (χ1v) is 11.3. The molecule has 0 aliphatic carbocycles. The minimum Gasteiger partial charge on any atom is -0.481 e. The van der Waals surface area contributed by atoms with Crippen LogP contribution in [-0.4, -0.2) is 65.0 Å². The number of hydrogen-bond donors (Lipinski definition) is 1. The van der Waals surface area contributed by atoms with E-state index in [-0.39, 0.29) is 54.3 Å². The summed E-state index contributed by atoms with van der Waals surface area (Å²) in [6, 6.07) is 0. The number of aliphatic carboxylic acids is 1. The van der Waals surface area contributed by atoms with Crippen LogP contribution in [0.5, 0.6) is 0 Å². The molecule has 0 saturated carbocycles. The molecular formula is C24H38NaO5. The standard InChI is InChI=1S/C24H38O5.Na/c1-2-3-4-5-6-7-8-9-10-11-12-13-14-20-15-17-22(27-20)23-18-16-21(28-29-23)19-24(25)26;/h2,5-8,20-23H,1,3-4,9-19H2,(H,25,26);/b6-5-,8-7-;/t20-,21-,22+,23-;/m0./s1. The molecule has 4 atom stereocenters. The van der Waals surface area contributed by atoms with Gasteiger partial charge in [-0.2, -0.15) is 0 Å². The van der Waals surface area contributed by atoms with Crippen molar-refractivity contribution >= 4 is 35.5 Å². The summed E-state index contributed by atoms with van der Waals surface area (Å²) < 4.78 is 6.17. The van der Waals surface area contributed by atoms with E-state index in [2.05, 4.69) is 30.9 Å². The molecule has 2 rings (SSSR count). The molecule has 30 heavy (non-hydrogen) atoms. The molecule has 0 aromatic carbocycles. The number of rotatable bonds is 14. The van der Waals surface area contributed by atoms with Crippen molar-refractivity contribution in [3.8, 4) is 0 Å². The number of allylic oxidation sites excluding steroid dienone is 5. The largest absolute Gasteiger partial charge is 0.481 e. The molecular weight excluding hydrogens is 391 g/mol. The van der Waals surface area contributed by atoms with E-state index in [1.54, 1.807) is 0 Å². The van der Waals surface area contributed by atoms with Gasteiger partial charge in [-0.15, -0.1) is 6.58 Å². The summed E-state index contributed by atoms with van der Waals surface area (Å²) in [5.41, 5.74) is 0. The predicted molar refractivity (Wildman–Crippen MR) is 120 cm³/mol. The van der Waals surface area contributed by atoms with Gasteiger partial charge >= 0.3 is 5.97 Å². The van der Waals surface area contributed by atoms with Crippen molar-refractivity contribution in [1.29, 1.82) is 0 Å². The van der Waals surface area contributed by atoms with Crippen LogP contribution in [0.2, 0.25) is 0 Å². The predicted octanol–water partition coefficient (Wildman–Crippen LogP) is 5.53. The normalized spacial score (nSPS) is 26.8. The molecule has 165 valence electrons. The molecule has 5 nitrogen and oxygen atoms in total. The average Bonchev–Trinajstić information content (AvgIpc) is 3.18. The summed E-state index contributed by atoms with van der Waals surface area (Å²) in [5, 5.41) is 8.82. The van der Waals surface area contributed by atoms with Crippen LogP contribution in [0.1, 0.15) is 83.5 Å². The first kappa shape index (κ1) is 27.6. The van der Waals surface area contributed by atoms with Crippen LogP contribution >= 0.6 is 0 Å². The first-order chi connectivity index (χ1) is 14.2. The minimum atomic E-state index is -0.846. The molecule has 1 radical (unpaired) electrons. The third-order valence-corrected chi connectivity index (χ3v) is 5.61. The molecule has 2 fully saturated rings. The first-order valence-electron chi connectivity index (χ1n) is 11.3. The Morgan fingerprint density at radius 3 is 2.27 bits per heavy atom. The SMILES string of the molecule is C=CCC/C=C\C=C/CCCCCC[C@H]1CC[C@H]([C@@H]2CC[C@@H](CC(=O)O)OO2)O1.[Na]. The number of hydrogen-bond acceptors (Lipinski definition) is 4. The van der Waals surface area contributed by atoms with Crippen molar-refractivity contribution < 1.29 is 24.4 Å². The van der Waals surface area contributed by atoms with Crippen LogP contribution in [0.3, 0.4) is 0 Å². The monoisotopic (exact) mass is 429 g/mol. The van der Waals surface area contributed by atoms with Crippen molar-refractivity contribution in [2.75, 3.05) is 0 Å². The number of carboxylic acid groups (broad SMARTS) is 1. The summed E-state index contributed by atoms with van der Waals surface area (Å²) in [7, 11) is 0. The molecule has 2 aliphatic rings. The average molecular weight is 430 g/mol. The van der Waals surface area contributed by atoms with Crippen molar-refractivity contribution in [2.45, 2.75) is 108 Å².